The number of benzene rings is 2. The first-order valence-electron chi connectivity index (χ1n) is 7.36. The summed E-state index contributed by atoms with van der Waals surface area (Å²) in [5, 5.41) is 0.897. The van der Waals surface area contributed by atoms with E-state index in [4.69, 9.17) is 17.4 Å². The lowest BCUT2D eigenvalue weighted by atomic mass is 9.86. The van der Waals surface area contributed by atoms with Gasteiger partial charge in [-0.25, -0.2) is 9.66 Å². The van der Waals surface area contributed by atoms with Crippen molar-refractivity contribution in [2.45, 2.75) is 26.2 Å². The minimum Gasteiger partial charge on any atom is -0.334 e. The van der Waals surface area contributed by atoms with Crippen molar-refractivity contribution in [3.63, 3.8) is 0 Å². The Hall–Kier alpha value is -2.33. The lowest BCUT2D eigenvalue weighted by Crippen LogP contribution is -2.29. The van der Waals surface area contributed by atoms with E-state index in [9.17, 15) is 4.79 Å². The number of halogens is 1. The fourth-order valence-corrected chi connectivity index (χ4v) is 2.67. The number of fused-ring (bicyclic) bond motifs is 1. The zero-order valence-electron chi connectivity index (χ0n) is 13.3. The predicted octanol–water partition coefficient (Wildman–Crippen LogP) is 3.73. The fraction of sp³-hybridized carbons (Fsp3) is 0.222. The summed E-state index contributed by atoms with van der Waals surface area (Å²) in [6.45, 7) is 6.46. The first-order valence-corrected chi connectivity index (χ1v) is 7.73. The molecule has 118 valence electrons. The molecule has 1 aromatic heterocycles. The van der Waals surface area contributed by atoms with Gasteiger partial charge in [-0.3, -0.25) is 4.79 Å². The van der Waals surface area contributed by atoms with Crippen molar-refractivity contribution in [1.29, 1.82) is 0 Å². The summed E-state index contributed by atoms with van der Waals surface area (Å²) in [5.74, 6) is 6.39. The monoisotopic (exact) mass is 327 g/mol. The van der Waals surface area contributed by atoms with Crippen LogP contribution in [0.15, 0.2) is 47.3 Å². The highest BCUT2D eigenvalue weighted by Gasteiger charge is 2.15. The van der Waals surface area contributed by atoms with Gasteiger partial charge in [0.1, 0.15) is 0 Å². The standard InChI is InChI=1S/C18H18ClN3O/c1-18(2,3)12-6-4-11(5-7-12)16-21-15-9-8-13(19)10-14(15)17(23)22(16)20/h4-10H,20H2,1-3H3. The molecule has 3 rings (SSSR count). The molecule has 0 radical (unpaired) electrons. The average Bonchev–Trinajstić information content (AvgIpc) is 2.51. The molecule has 2 aromatic carbocycles. The maximum atomic E-state index is 12.4. The zero-order valence-corrected chi connectivity index (χ0v) is 14.1. The molecule has 0 unspecified atom stereocenters. The number of hydrogen-bond donors (Lipinski definition) is 1. The lowest BCUT2D eigenvalue weighted by molar-refractivity contribution is 0.590. The number of nitrogens with zero attached hydrogens (tertiary/aromatic N) is 2. The van der Waals surface area contributed by atoms with E-state index in [1.807, 2.05) is 24.3 Å². The van der Waals surface area contributed by atoms with Crippen LogP contribution in [0.1, 0.15) is 26.3 Å². The van der Waals surface area contributed by atoms with Gasteiger partial charge in [-0.05, 0) is 29.2 Å². The highest BCUT2D eigenvalue weighted by atomic mass is 35.5. The smallest absolute Gasteiger partial charge is 0.280 e. The summed E-state index contributed by atoms with van der Waals surface area (Å²) in [6, 6.07) is 13.0. The number of nitrogen functional groups attached to an aromatic ring is 1. The fourth-order valence-electron chi connectivity index (χ4n) is 2.49. The second-order valence-corrected chi connectivity index (χ2v) is 7.04. The Balaban J connectivity index is 2.19. The molecule has 0 atom stereocenters. The van der Waals surface area contributed by atoms with E-state index >= 15 is 0 Å². The highest BCUT2D eigenvalue weighted by Crippen LogP contribution is 2.25. The molecule has 1 heterocycles. The zero-order chi connectivity index (χ0) is 16.8. The first-order chi connectivity index (χ1) is 10.8. The molecule has 3 aromatic rings. The van der Waals surface area contributed by atoms with Gasteiger partial charge in [0.15, 0.2) is 5.82 Å². The molecule has 4 nitrogen and oxygen atoms in total. The Bertz CT molecular complexity index is 937. The van der Waals surface area contributed by atoms with Gasteiger partial charge in [0.05, 0.1) is 10.9 Å². The van der Waals surface area contributed by atoms with Crippen LogP contribution in [-0.4, -0.2) is 9.66 Å². The van der Waals surface area contributed by atoms with Crippen molar-refractivity contribution in [2.24, 2.45) is 0 Å². The maximum Gasteiger partial charge on any atom is 0.280 e. The van der Waals surface area contributed by atoms with E-state index in [2.05, 4.69) is 25.8 Å². The maximum absolute atomic E-state index is 12.4. The van der Waals surface area contributed by atoms with E-state index < -0.39 is 0 Å². The molecule has 0 aliphatic heterocycles. The van der Waals surface area contributed by atoms with E-state index in [1.54, 1.807) is 18.2 Å². The molecule has 0 saturated heterocycles. The first kappa shape index (κ1) is 15.6. The summed E-state index contributed by atoms with van der Waals surface area (Å²) in [4.78, 5) is 17.0. The van der Waals surface area contributed by atoms with Gasteiger partial charge in [-0.15, -0.1) is 0 Å². The molecular weight excluding hydrogens is 310 g/mol. The number of nitrogens with two attached hydrogens (primary N) is 1. The quantitative estimate of drug-likeness (QED) is 0.693. The van der Waals surface area contributed by atoms with Gasteiger partial charge in [0.2, 0.25) is 0 Å². The van der Waals surface area contributed by atoms with Gasteiger partial charge in [0, 0.05) is 10.6 Å². The number of aromatic nitrogens is 2. The Labute approximate surface area is 139 Å². The van der Waals surface area contributed by atoms with Crippen LogP contribution in [0.3, 0.4) is 0 Å². The summed E-state index contributed by atoms with van der Waals surface area (Å²) < 4.78 is 1.07. The van der Waals surface area contributed by atoms with E-state index in [0.29, 0.717) is 21.7 Å². The Morgan fingerprint density at radius 1 is 1.09 bits per heavy atom. The second-order valence-electron chi connectivity index (χ2n) is 6.60. The molecule has 0 bridgehead atoms. The van der Waals surface area contributed by atoms with Crippen molar-refractivity contribution in [2.75, 3.05) is 5.84 Å². The van der Waals surface area contributed by atoms with Crippen molar-refractivity contribution >= 4 is 22.5 Å². The molecule has 0 spiro atoms. The molecule has 2 N–H and O–H groups in total. The Morgan fingerprint density at radius 2 is 1.74 bits per heavy atom. The van der Waals surface area contributed by atoms with Gasteiger partial charge in [-0.1, -0.05) is 56.6 Å². The van der Waals surface area contributed by atoms with Gasteiger partial charge in [-0.2, -0.15) is 0 Å². The predicted molar refractivity (Wildman–Crippen MR) is 95.3 cm³/mol. The molecule has 0 saturated carbocycles. The normalized spacial score (nSPS) is 11.8. The third-order valence-electron chi connectivity index (χ3n) is 3.87. The average molecular weight is 328 g/mol. The number of rotatable bonds is 1. The lowest BCUT2D eigenvalue weighted by Gasteiger charge is -2.19. The SMILES string of the molecule is CC(C)(C)c1ccc(-c2nc3ccc(Cl)cc3c(=O)n2N)cc1. The summed E-state index contributed by atoms with van der Waals surface area (Å²) in [7, 11) is 0. The summed E-state index contributed by atoms with van der Waals surface area (Å²) in [6.07, 6.45) is 0. The summed E-state index contributed by atoms with van der Waals surface area (Å²) in [5.41, 5.74) is 2.34. The third kappa shape index (κ3) is 2.82. The van der Waals surface area contributed by atoms with Crippen LogP contribution >= 0.6 is 11.6 Å². The van der Waals surface area contributed by atoms with Crippen LogP contribution in [0.2, 0.25) is 5.02 Å². The van der Waals surface area contributed by atoms with Crippen molar-refractivity contribution in [3.8, 4) is 11.4 Å². The van der Waals surface area contributed by atoms with Crippen LogP contribution in [0, 0.1) is 0 Å². The van der Waals surface area contributed by atoms with E-state index in [1.165, 1.54) is 5.56 Å². The van der Waals surface area contributed by atoms with Crippen LogP contribution in [-0.2, 0) is 5.41 Å². The van der Waals surface area contributed by atoms with Crippen LogP contribution in [0.4, 0.5) is 0 Å². The Morgan fingerprint density at radius 3 is 2.35 bits per heavy atom. The molecule has 23 heavy (non-hydrogen) atoms. The molecule has 0 aliphatic carbocycles. The van der Waals surface area contributed by atoms with Crippen LogP contribution in [0.5, 0.6) is 0 Å². The minimum atomic E-state index is -0.313. The van der Waals surface area contributed by atoms with Crippen LogP contribution < -0.4 is 11.4 Å². The van der Waals surface area contributed by atoms with E-state index in [-0.39, 0.29) is 11.0 Å². The molecular formula is C18H18ClN3O. The van der Waals surface area contributed by atoms with E-state index in [0.717, 1.165) is 10.2 Å². The van der Waals surface area contributed by atoms with Crippen molar-refractivity contribution in [1.82, 2.24) is 9.66 Å². The van der Waals surface area contributed by atoms with Gasteiger partial charge >= 0.3 is 0 Å². The Kier molecular flexibility index (Phi) is 3.65. The largest absolute Gasteiger partial charge is 0.334 e. The highest BCUT2D eigenvalue weighted by molar-refractivity contribution is 6.31. The van der Waals surface area contributed by atoms with Crippen molar-refractivity contribution in [3.05, 3.63) is 63.4 Å². The van der Waals surface area contributed by atoms with Crippen LogP contribution in [0.25, 0.3) is 22.3 Å². The van der Waals surface area contributed by atoms with Gasteiger partial charge in [0.25, 0.3) is 5.56 Å². The second kappa shape index (κ2) is 5.39. The minimum absolute atomic E-state index is 0.0640. The topological polar surface area (TPSA) is 60.9 Å². The molecule has 5 heteroatoms. The molecule has 0 fully saturated rings. The molecule has 0 aliphatic rings. The number of hydrogen-bond acceptors (Lipinski definition) is 3. The van der Waals surface area contributed by atoms with Gasteiger partial charge < -0.3 is 5.84 Å². The summed E-state index contributed by atoms with van der Waals surface area (Å²) >= 11 is 5.94. The van der Waals surface area contributed by atoms with Crippen molar-refractivity contribution < 1.29 is 0 Å². The third-order valence-corrected chi connectivity index (χ3v) is 4.11. The molecule has 0 amide bonds.